The second kappa shape index (κ2) is 37.0. The van der Waals surface area contributed by atoms with Gasteiger partial charge in [0, 0.05) is 320 Å². The van der Waals surface area contributed by atoms with E-state index in [1.54, 1.807) is 107 Å². The van der Waals surface area contributed by atoms with Crippen LogP contribution in [0.5, 0.6) is 0 Å². The van der Waals surface area contributed by atoms with Gasteiger partial charge in [-0.2, -0.15) is 0 Å². The van der Waals surface area contributed by atoms with Crippen molar-refractivity contribution in [1.82, 2.24) is 4.57 Å². The molecule has 1 heterocycles. The van der Waals surface area contributed by atoms with E-state index >= 15 is 0 Å². The van der Waals surface area contributed by atoms with Gasteiger partial charge in [-0.25, -0.2) is 0 Å². The Balaban J connectivity index is 0.000000238. The van der Waals surface area contributed by atoms with Crippen molar-refractivity contribution in [3.63, 3.8) is 0 Å². The van der Waals surface area contributed by atoms with Gasteiger partial charge in [-0.05, 0) is 46.8 Å². The van der Waals surface area contributed by atoms with Crippen LogP contribution < -0.4 is 5.73 Å². The quantitative estimate of drug-likeness (QED) is 0.188. The minimum absolute atomic E-state index is 0.781. The smallest absolute Gasteiger partial charge is 0.0541 e. The molecule has 2 N–H and O–H groups in total. The van der Waals surface area contributed by atoms with E-state index in [4.69, 9.17) is 28.1 Å². The van der Waals surface area contributed by atoms with Crippen LogP contribution >= 0.6 is 0 Å². The number of fused-ring (bicyclic) bond motifs is 4. The van der Waals surface area contributed by atoms with Crippen LogP contribution in [-0.4, -0.2) is 4.57 Å². The molecule has 0 aliphatic carbocycles. The maximum Gasteiger partial charge on any atom is 0.0541 e. The Morgan fingerprint density at radius 3 is 1.02 bits per heavy atom. The summed E-state index contributed by atoms with van der Waals surface area (Å²) in [6.07, 6.45) is 0. The Morgan fingerprint density at radius 1 is 0.317 bits per heavy atom. The fraction of sp³-hybridized carbons (Fsp3) is 0. The average molecular weight is 1440 g/mol. The molecule has 0 spiro atoms. The number of para-hydroxylation sites is 2. The molecule has 0 radical (unpaired) electrons. The molecule has 0 aliphatic heterocycles. The highest BCUT2D eigenvalue weighted by atomic mass is 33.5. The predicted molar refractivity (Wildman–Crippen MR) is 371 cm³/mol. The summed E-state index contributed by atoms with van der Waals surface area (Å²) in [5.74, 6) is 0. The van der Waals surface area contributed by atoms with Crippen LogP contribution in [-0.2, 0) is 298 Å². The third kappa shape index (κ3) is 21.9. The van der Waals surface area contributed by atoms with Crippen molar-refractivity contribution in [1.29, 1.82) is 0 Å². The molecule has 5 aromatic carbocycles. The summed E-state index contributed by atoms with van der Waals surface area (Å²) in [5, 5.41) is 5.00. The largest absolute Gasteiger partial charge is 0.399 e. The highest BCUT2D eigenvalue weighted by Gasteiger charge is 2.15. The van der Waals surface area contributed by atoms with Gasteiger partial charge in [0.1, 0.15) is 0 Å². The summed E-state index contributed by atoms with van der Waals surface area (Å²) >= 11 is 9.59. The number of hydrogen-bond donors (Lipinski definition) is 1. The minimum atomic E-state index is 0.781. The van der Waals surface area contributed by atoms with Crippen LogP contribution in [0.3, 0.4) is 0 Å². The molecule has 0 unspecified atom stereocenters. The van der Waals surface area contributed by atoms with Gasteiger partial charge in [0.05, 0.1) is 16.7 Å². The first-order chi connectivity index (χ1) is 31.2. The van der Waals surface area contributed by atoms with Crippen LogP contribution in [0.1, 0.15) is 0 Å². The molecule has 6 rings (SSSR count). The van der Waals surface area contributed by atoms with E-state index in [1.165, 1.54) is 61.6 Å². The Labute approximate surface area is 462 Å². The molecule has 0 saturated carbocycles. The number of nitrogens with zero attached hydrogens (tertiary/aromatic N) is 1. The summed E-state index contributed by atoms with van der Waals surface area (Å²) in [6.45, 7) is 0. The topological polar surface area (TPSA) is 30.9 Å². The van der Waals surface area contributed by atoms with E-state index in [0.717, 1.165) is 11.3 Å². The van der Waals surface area contributed by atoms with Gasteiger partial charge in [-0.1, -0.05) is 78.9 Å². The molecular formula is C28H20N2S33. The summed E-state index contributed by atoms with van der Waals surface area (Å²) < 4.78 is 2.39. The molecule has 0 fully saturated rings. The van der Waals surface area contributed by atoms with Gasteiger partial charge in [-0.15, -0.1) is 0 Å². The molecular weight excluding hydrogens is 1420 g/mol. The lowest BCUT2D eigenvalue weighted by molar-refractivity contribution is 1.20. The van der Waals surface area contributed by atoms with Crippen LogP contribution in [0, 0.1) is 0 Å². The molecule has 0 bridgehead atoms. The zero-order valence-corrected chi connectivity index (χ0v) is 56.8. The zero-order valence-electron chi connectivity index (χ0n) is 29.9. The van der Waals surface area contributed by atoms with Crippen molar-refractivity contribution in [3.8, 4) is 16.8 Å². The van der Waals surface area contributed by atoms with Crippen molar-refractivity contribution in [2.75, 3.05) is 5.73 Å². The Bertz CT molecular complexity index is 3980. The average Bonchev–Trinajstić information content (AvgIpc) is 3.65. The number of aromatic nitrogens is 1. The minimum Gasteiger partial charge on any atom is -0.399 e. The highest BCUT2D eigenvalue weighted by molar-refractivity contribution is 8.80. The summed E-state index contributed by atoms with van der Waals surface area (Å²) in [5.41, 5.74) is 12.8. The number of benzene rings is 5. The first-order valence-corrected chi connectivity index (χ1v) is 58.2. The van der Waals surface area contributed by atoms with E-state index in [-0.39, 0.29) is 0 Å². The Kier molecular flexibility index (Phi) is 33.6. The van der Waals surface area contributed by atoms with E-state index < -0.39 is 0 Å². The van der Waals surface area contributed by atoms with Crippen molar-refractivity contribution in [2.24, 2.45) is 0 Å². The number of hydrogen-bond acceptors (Lipinski definition) is 3. The predicted octanol–water partition coefficient (Wildman–Crippen LogP) is 7.11. The van der Waals surface area contributed by atoms with Crippen LogP contribution in [0.25, 0.3) is 49.4 Å². The zero-order chi connectivity index (χ0) is 44.0. The molecule has 0 saturated heterocycles. The van der Waals surface area contributed by atoms with Crippen LogP contribution in [0.4, 0.5) is 5.69 Å². The van der Waals surface area contributed by atoms with Crippen molar-refractivity contribution < 1.29 is 0 Å². The molecule has 0 aliphatic rings. The lowest BCUT2D eigenvalue weighted by atomic mass is 9.96. The van der Waals surface area contributed by atoms with E-state index in [9.17, 15) is 0 Å². The molecule has 340 valence electrons. The standard InChI is InChI=1S/C28H20N2.S33/c29-20-9-7-8-19(18-20)21-16-17-28(23-11-2-1-10-22(21)23)30-26-14-5-3-12-24(26)25-13-4-6-15-27(25)30;1-3-5-7-9-11-13-15-17-19-21-23-25-27-29-31-33-32-30-28-26-24-22-20-18-16-14-12-10-8-6-4-2/h1-18H,29H2;. The summed E-state index contributed by atoms with van der Waals surface area (Å²) in [6, 6.07) is 38.5. The molecule has 0 atom stereocenters. The van der Waals surface area contributed by atoms with Gasteiger partial charge in [0.25, 0.3) is 0 Å². The lowest BCUT2D eigenvalue weighted by Crippen LogP contribution is -1.96. The van der Waals surface area contributed by atoms with Crippen molar-refractivity contribution in [3.05, 3.63) is 109 Å². The maximum atomic E-state index is 6.07. The molecule has 35 heteroatoms. The summed E-state index contributed by atoms with van der Waals surface area (Å²) in [4.78, 5) is 0. The Hall–Kier alpha value is 3.22. The first kappa shape index (κ1) is 57.1. The third-order valence-corrected chi connectivity index (χ3v) is 73.4. The second-order valence-electron chi connectivity index (χ2n) is 9.78. The van der Waals surface area contributed by atoms with Gasteiger partial charge in [-0.3, -0.25) is 0 Å². The molecule has 6 aromatic rings. The second-order valence-corrected chi connectivity index (χ2v) is 64.6. The van der Waals surface area contributed by atoms with E-state index in [1.807, 2.05) is 169 Å². The fourth-order valence-electron chi connectivity index (χ4n) is 4.95. The van der Waals surface area contributed by atoms with Gasteiger partial charge >= 0.3 is 0 Å². The normalized spacial score (nSPS) is 9.46. The molecule has 1 aromatic heterocycles. The lowest BCUT2D eigenvalue weighted by Gasteiger charge is -2.15. The van der Waals surface area contributed by atoms with Gasteiger partial charge in [0.15, 0.2) is 0 Å². The fourth-order valence-corrected chi connectivity index (χ4v) is 84.5. The number of nitrogen functional groups attached to an aromatic ring is 1. The van der Waals surface area contributed by atoms with Crippen molar-refractivity contribution >= 4 is 336 Å². The molecule has 0 amide bonds. The Morgan fingerprint density at radius 2 is 0.651 bits per heavy atom. The highest BCUT2D eigenvalue weighted by Crippen LogP contribution is 2.37. The van der Waals surface area contributed by atoms with E-state index in [0.29, 0.717) is 0 Å². The van der Waals surface area contributed by atoms with Crippen LogP contribution in [0.2, 0.25) is 0 Å². The van der Waals surface area contributed by atoms with Gasteiger partial charge in [0.2, 0.25) is 0 Å². The molecule has 2 nitrogen and oxygen atoms in total. The number of nitrogens with two attached hydrogens (primary N) is 1. The van der Waals surface area contributed by atoms with Crippen LogP contribution in [0.15, 0.2) is 109 Å². The monoisotopic (exact) mass is 1440 g/mol. The SMILES string of the molecule is Nc1cccc(-c2ccc(-n3c4ccccc4c4ccccc43)c3ccccc23)c1.S=S=S=S=S=S=S=S=S=S=S=S=S=S=S=S=S=S=S=S=S=S=S=S=S=S=S=S=S=S=S=S=S. The maximum absolute atomic E-state index is 6.07. The molecule has 63 heavy (non-hydrogen) atoms. The van der Waals surface area contributed by atoms with Crippen molar-refractivity contribution in [2.45, 2.75) is 0 Å². The summed E-state index contributed by atoms with van der Waals surface area (Å²) in [7, 11) is 54.6. The number of anilines is 1. The first-order valence-electron chi connectivity index (χ1n) is 15.5. The number of rotatable bonds is 2. The van der Waals surface area contributed by atoms with Gasteiger partial charge < -0.3 is 10.3 Å². The van der Waals surface area contributed by atoms with E-state index in [2.05, 4.69) is 95.6 Å². The third-order valence-electron chi connectivity index (χ3n) is 6.75.